The molecule has 0 fully saturated rings. The minimum Gasteiger partial charge on any atom is -0.345 e. The first-order valence-electron chi connectivity index (χ1n) is 10.1. The van der Waals surface area contributed by atoms with E-state index in [4.69, 9.17) is 0 Å². The van der Waals surface area contributed by atoms with Crippen LogP contribution in [0.5, 0.6) is 0 Å². The molecule has 0 aliphatic carbocycles. The monoisotopic (exact) mass is 434 g/mol. The van der Waals surface area contributed by atoms with Crippen LogP contribution in [0.25, 0.3) is 0 Å². The molecule has 0 saturated carbocycles. The lowest BCUT2D eigenvalue weighted by Gasteiger charge is -2.23. The smallest absolute Gasteiger partial charge is 0.264 e. The fraction of sp³-hybridized carbons (Fsp3) is 0.160. The van der Waals surface area contributed by atoms with E-state index in [1.165, 1.54) is 10.4 Å². The van der Waals surface area contributed by atoms with Crippen LogP contribution in [0.3, 0.4) is 0 Å². The van der Waals surface area contributed by atoms with E-state index in [2.05, 4.69) is 11.9 Å². The van der Waals surface area contributed by atoms with Crippen molar-refractivity contribution in [3.8, 4) is 0 Å². The first-order valence-corrected chi connectivity index (χ1v) is 11.6. The van der Waals surface area contributed by atoms with Crippen LogP contribution in [0.1, 0.15) is 35.3 Å². The van der Waals surface area contributed by atoms with Crippen LogP contribution in [0.4, 0.5) is 5.69 Å². The third kappa shape index (κ3) is 5.22. The van der Waals surface area contributed by atoms with Gasteiger partial charge < -0.3 is 5.32 Å². The first-order chi connectivity index (χ1) is 15.0. The summed E-state index contributed by atoms with van der Waals surface area (Å²) in [5.74, 6) is -0.205. The van der Waals surface area contributed by atoms with Gasteiger partial charge in [0.25, 0.3) is 15.9 Å². The highest BCUT2D eigenvalue weighted by atomic mass is 32.2. The highest BCUT2D eigenvalue weighted by Gasteiger charge is 2.24. The summed E-state index contributed by atoms with van der Waals surface area (Å²) in [6.45, 7) is 5.82. The van der Waals surface area contributed by atoms with Gasteiger partial charge in [-0.2, -0.15) is 0 Å². The molecule has 0 unspecified atom stereocenters. The number of sulfonamides is 1. The number of carbonyl (C=O) groups excluding carboxylic acids is 1. The molecule has 160 valence electrons. The number of carbonyl (C=O) groups is 1. The Bertz CT molecular complexity index is 1110. The summed E-state index contributed by atoms with van der Waals surface area (Å²) in [5, 5.41) is 3.04. The molecule has 31 heavy (non-hydrogen) atoms. The lowest BCUT2D eigenvalue weighted by molar-refractivity contribution is 0.0935. The summed E-state index contributed by atoms with van der Waals surface area (Å²) in [6, 6.07) is 24.5. The lowest BCUT2D eigenvalue weighted by atomic mass is 10.0. The van der Waals surface area contributed by atoms with Crippen molar-refractivity contribution in [3.63, 3.8) is 0 Å². The molecule has 1 atom stereocenters. The molecule has 5 nitrogen and oxygen atoms in total. The van der Waals surface area contributed by atoms with E-state index in [1.54, 1.807) is 54.6 Å². The Morgan fingerprint density at radius 1 is 0.968 bits per heavy atom. The Kier molecular flexibility index (Phi) is 7.26. The van der Waals surface area contributed by atoms with E-state index in [1.807, 2.05) is 37.3 Å². The molecule has 3 aromatic rings. The van der Waals surface area contributed by atoms with Gasteiger partial charge in [-0.3, -0.25) is 9.10 Å². The third-order valence-electron chi connectivity index (χ3n) is 4.96. The number of nitrogens with zero attached hydrogens (tertiary/aromatic N) is 1. The van der Waals surface area contributed by atoms with Crippen LogP contribution >= 0.6 is 0 Å². The molecule has 1 amide bonds. The molecule has 0 heterocycles. The number of hydrogen-bond donors (Lipinski definition) is 1. The molecular weight excluding hydrogens is 408 g/mol. The van der Waals surface area contributed by atoms with Crippen molar-refractivity contribution < 1.29 is 13.2 Å². The summed E-state index contributed by atoms with van der Waals surface area (Å²) < 4.78 is 27.4. The Hall–Kier alpha value is -3.38. The normalized spacial score (nSPS) is 12.0. The minimum absolute atomic E-state index is 0.0934. The fourth-order valence-electron chi connectivity index (χ4n) is 3.31. The highest BCUT2D eigenvalue weighted by Crippen LogP contribution is 2.24. The van der Waals surface area contributed by atoms with E-state index in [-0.39, 0.29) is 23.4 Å². The number of benzene rings is 3. The number of amides is 1. The maximum absolute atomic E-state index is 13.1. The molecule has 6 heteroatoms. The maximum Gasteiger partial charge on any atom is 0.264 e. The second-order valence-corrected chi connectivity index (χ2v) is 8.89. The van der Waals surface area contributed by atoms with Gasteiger partial charge in [0.15, 0.2) is 0 Å². The molecular formula is C25H26N2O3S. The largest absolute Gasteiger partial charge is 0.345 e. The topological polar surface area (TPSA) is 66.5 Å². The number of rotatable bonds is 9. The van der Waals surface area contributed by atoms with Gasteiger partial charge in [0.1, 0.15) is 0 Å². The van der Waals surface area contributed by atoms with Crippen LogP contribution in [-0.2, 0) is 10.0 Å². The summed E-state index contributed by atoms with van der Waals surface area (Å²) in [4.78, 5) is 13.0. The summed E-state index contributed by atoms with van der Waals surface area (Å²) in [7, 11) is -3.75. The zero-order chi connectivity index (χ0) is 22.3. The summed E-state index contributed by atoms with van der Waals surface area (Å²) in [5.41, 5.74) is 1.98. The van der Waals surface area contributed by atoms with E-state index in [0.717, 1.165) is 12.0 Å². The Morgan fingerprint density at radius 2 is 1.55 bits per heavy atom. The van der Waals surface area contributed by atoms with Gasteiger partial charge in [0.2, 0.25) is 0 Å². The van der Waals surface area contributed by atoms with E-state index < -0.39 is 10.0 Å². The Balaban J connectivity index is 1.82. The third-order valence-corrected chi connectivity index (χ3v) is 6.77. The van der Waals surface area contributed by atoms with Crippen LogP contribution in [0.2, 0.25) is 0 Å². The van der Waals surface area contributed by atoms with Gasteiger partial charge in [-0.1, -0.05) is 61.5 Å². The molecule has 3 aromatic carbocycles. The van der Waals surface area contributed by atoms with Crippen molar-refractivity contribution in [3.05, 3.63) is 109 Å². The molecule has 1 N–H and O–H groups in total. The molecule has 0 aliphatic heterocycles. The average molecular weight is 435 g/mol. The molecule has 0 aromatic heterocycles. The van der Waals surface area contributed by atoms with Gasteiger partial charge in [-0.15, -0.1) is 6.58 Å². The number of hydrogen-bond acceptors (Lipinski definition) is 3. The average Bonchev–Trinajstić information content (AvgIpc) is 2.82. The van der Waals surface area contributed by atoms with Crippen molar-refractivity contribution >= 4 is 21.6 Å². The summed E-state index contributed by atoms with van der Waals surface area (Å²) in [6.07, 6.45) is 2.29. The quantitative estimate of drug-likeness (QED) is 0.485. The first kappa shape index (κ1) is 22.3. The predicted molar refractivity (Wildman–Crippen MR) is 125 cm³/mol. The van der Waals surface area contributed by atoms with Crippen LogP contribution < -0.4 is 9.62 Å². The zero-order valence-corrected chi connectivity index (χ0v) is 18.3. The van der Waals surface area contributed by atoms with Gasteiger partial charge in [-0.25, -0.2) is 8.42 Å². The number of nitrogens with one attached hydrogen (secondary N) is 1. The van der Waals surface area contributed by atoms with Crippen LogP contribution in [-0.4, -0.2) is 20.9 Å². The van der Waals surface area contributed by atoms with Crippen LogP contribution in [0, 0.1) is 0 Å². The molecule has 3 rings (SSSR count). The van der Waals surface area contributed by atoms with E-state index >= 15 is 0 Å². The van der Waals surface area contributed by atoms with Crippen molar-refractivity contribution in [1.82, 2.24) is 5.32 Å². The predicted octanol–water partition coefficient (Wildman–Crippen LogP) is 4.95. The molecule has 0 saturated heterocycles. The summed E-state index contributed by atoms with van der Waals surface area (Å²) >= 11 is 0. The second kappa shape index (κ2) is 10.1. The Morgan fingerprint density at radius 3 is 2.10 bits per heavy atom. The highest BCUT2D eigenvalue weighted by molar-refractivity contribution is 7.92. The molecule has 0 aliphatic rings. The van der Waals surface area contributed by atoms with Crippen molar-refractivity contribution in [2.24, 2.45) is 0 Å². The lowest BCUT2D eigenvalue weighted by Crippen LogP contribution is -2.31. The second-order valence-electron chi connectivity index (χ2n) is 7.03. The van der Waals surface area contributed by atoms with Crippen molar-refractivity contribution in [2.45, 2.75) is 24.3 Å². The van der Waals surface area contributed by atoms with Gasteiger partial charge in [-0.05, 0) is 48.4 Å². The fourth-order valence-corrected chi connectivity index (χ4v) is 4.76. The SMILES string of the molecule is C=CCN(c1ccc(C(=O)N[C@H](CC)c2ccccc2)cc1)S(=O)(=O)c1ccccc1. The maximum atomic E-state index is 13.1. The number of anilines is 1. The van der Waals surface area contributed by atoms with Crippen LogP contribution in [0.15, 0.2) is 102 Å². The molecule has 0 bridgehead atoms. The van der Waals surface area contributed by atoms with Gasteiger partial charge in [0.05, 0.1) is 23.2 Å². The minimum atomic E-state index is -3.75. The zero-order valence-electron chi connectivity index (χ0n) is 17.4. The van der Waals surface area contributed by atoms with E-state index in [9.17, 15) is 13.2 Å². The Labute approximate surface area is 184 Å². The van der Waals surface area contributed by atoms with E-state index in [0.29, 0.717) is 11.3 Å². The molecule has 0 spiro atoms. The van der Waals surface area contributed by atoms with Gasteiger partial charge >= 0.3 is 0 Å². The van der Waals surface area contributed by atoms with Gasteiger partial charge in [0, 0.05) is 5.56 Å². The standard InChI is InChI=1S/C25H26N2O3S/c1-3-19-27(31(29,30)23-13-9-6-10-14-23)22-17-15-21(16-18-22)25(28)26-24(4-2)20-11-7-5-8-12-20/h3,5-18,24H,1,4,19H2,2H3,(H,26,28)/t24-/m1/s1. The molecule has 0 radical (unpaired) electrons. The van der Waals surface area contributed by atoms with Crippen molar-refractivity contribution in [1.29, 1.82) is 0 Å². The van der Waals surface area contributed by atoms with Crippen molar-refractivity contribution in [2.75, 3.05) is 10.8 Å².